The largest absolute Gasteiger partial charge is 0.497 e. The summed E-state index contributed by atoms with van der Waals surface area (Å²) in [6.45, 7) is 2.55. The Morgan fingerprint density at radius 1 is 1.12 bits per heavy atom. The zero-order valence-electron chi connectivity index (χ0n) is 19.4. The molecule has 2 aromatic heterocycles. The van der Waals surface area contributed by atoms with Crippen molar-refractivity contribution in [2.45, 2.75) is 25.4 Å². The monoisotopic (exact) mass is 449 g/mol. The van der Waals surface area contributed by atoms with Crippen molar-refractivity contribution in [2.75, 3.05) is 39.3 Å². The third-order valence-corrected chi connectivity index (χ3v) is 5.80. The molecule has 0 radical (unpaired) electrons. The maximum absolute atomic E-state index is 5.41. The topological polar surface area (TPSA) is 88.8 Å². The van der Waals surface area contributed by atoms with E-state index in [4.69, 9.17) is 9.47 Å². The molecule has 9 nitrogen and oxygen atoms in total. The van der Waals surface area contributed by atoms with Crippen molar-refractivity contribution < 1.29 is 9.47 Å². The lowest BCUT2D eigenvalue weighted by Crippen LogP contribution is -2.48. The van der Waals surface area contributed by atoms with E-state index in [1.807, 2.05) is 29.1 Å². The number of benzene rings is 1. The van der Waals surface area contributed by atoms with Crippen LogP contribution in [-0.4, -0.2) is 60.9 Å². The molecule has 3 heterocycles. The van der Waals surface area contributed by atoms with Crippen LogP contribution in [0.25, 0.3) is 5.82 Å². The molecule has 1 aromatic carbocycles. The molecule has 1 aliphatic heterocycles. The van der Waals surface area contributed by atoms with Crippen LogP contribution in [0.1, 0.15) is 18.4 Å². The van der Waals surface area contributed by atoms with Gasteiger partial charge in [0, 0.05) is 75.2 Å². The van der Waals surface area contributed by atoms with Gasteiger partial charge in [0.2, 0.25) is 0 Å². The molecule has 0 amide bonds. The molecular weight excluding hydrogens is 418 g/mol. The molecule has 0 aliphatic carbocycles. The van der Waals surface area contributed by atoms with Gasteiger partial charge in [-0.3, -0.25) is 9.56 Å². The lowest BCUT2D eigenvalue weighted by Gasteiger charge is -2.34. The van der Waals surface area contributed by atoms with Gasteiger partial charge in [-0.15, -0.1) is 0 Å². The third kappa shape index (κ3) is 5.74. The predicted molar refractivity (Wildman–Crippen MR) is 129 cm³/mol. The summed E-state index contributed by atoms with van der Waals surface area (Å²) < 4.78 is 12.7. The van der Waals surface area contributed by atoms with E-state index in [1.165, 1.54) is 0 Å². The van der Waals surface area contributed by atoms with Gasteiger partial charge < -0.3 is 25.0 Å². The molecule has 0 saturated carbocycles. The highest BCUT2D eigenvalue weighted by molar-refractivity contribution is 5.80. The van der Waals surface area contributed by atoms with E-state index < -0.39 is 0 Å². The van der Waals surface area contributed by atoms with E-state index >= 15 is 0 Å². The van der Waals surface area contributed by atoms with E-state index in [1.54, 1.807) is 33.8 Å². The Morgan fingerprint density at radius 3 is 2.45 bits per heavy atom. The van der Waals surface area contributed by atoms with Gasteiger partial charge in [-0.1, -0.05) is 6.07 Å². The van der Waals surface area contributed by atoms with Gasteiger partial charge in [0.15, 0.2) is 5.96 Å². The SMILES string of the molecule is CN=C(NCc1ccc(-n2ccnc2)nc1)NC1CCN(c2cc(OC)cc(OC)c2)CC1. The predicted octanol–water partition coefficient (Wildman–Crippen LogP) is 2.62. The number of aliphatic imine (C=N–C) groups is 1. The van der Waals surface area contributed by atoms with Gasteiger partial charge in [-0.25, -0.2) is 9.97 Å². The Hall–Kier alpha value is -3.75. The van der Waals surface area contributed by atoms with Crippen LogP contribution in [0, 0.1) is 0 Å². The van der Waals surface area contributed by atoms with Gasteiger partial charge in [-0.2, -0.15) is 0 Å². The van der Waals surface area contributed by atoms with E-state index in [9.17, 15) is 0 Å². The van der Waals surface area contributed by atoms with Crippen LogP contribution in [0.15, 0.2) is 60.2 Å². The van der Waals surface area contributed by atoms with Gasteiger partial charge in [0.1, 0.15) is 23.6 Å². The van der Waals surface area contributed by atoms with Crippen molar-refractivity contribution in [3.63, 3.8) is 0 Å². The Morgan fingerprint density at radius 2 is 1.88 bits per heavy atom. The average molecular weight is 450 g/mol. The van der Waals surface area contributed by atoms with Crippen molar-refractivity contribution in [2.24, 2.45) is 4.99 Å². The average Bonchev–Trinajstić information content (AvgIpc) is 3.42. The fraction of sp³-hybridized carbons (Fsp3) is 0.375. The number of ether oxygens (including phenoxy) is 2. The smallest absolute Gasteiger partial charge is 0.191 e. The minimum absolute atomic E-state index is 0.363. The normalized spacial score (nSPS) is 14.8. The summed E-state index contributed by atoms with van der Waals surface area (Å²) in [5, 5.41) is 6.95. The van der Waals surface area contributed by atoms with Crippen LogP contribution in [0.4, 0.5) is 5.69 Å². The van der Waals surface area contributed by atoms with E-state index in [-0.39, 0.29) is 0 Å². The first kappa shape index (κ1) is 22.4. The van der Waals surface area contributed by atoms with Crippen molar-refractivity contribution in [1.82, 2.24) is 25.2 Å². The van der Waals surface area contributed by atoms with Crippen LogP contribution in [0.3, 0.4) is 0 Å². The zero-order valence-corrected chi connectivity index (χ0v) is 19.4. The fourth-order valence-electron chi connectivity index (χ4n) is 3.90. The highest BCUT2D eigenvalue weighted by Crippen LogP contribution is 2.30. The second-order valence-corrected chi connectivity index (χ2v) is 7.90. The Bertz CT molecular complexity index is 1020. The molecule has 2 N–H and O–H groups in total. The minimum Gasteiger partial charge on any atom is -0.497 e. The van der Waals surface area contributed by atoms with Gasteiger partial charge in [0.05, 0.1) is 14.2 Å². The minimum atomic E-state index is 0.363. The Labute approximate surface area is 194 Å². The van der Waals surface area contributed by atoms with Crippen LogP contribution >= 0.6 is 0 Å². The van der Waals surface area contributed by atoms with Crippen LogP contribution in [0.5, 0.6) is 11.5 Å². The molecule has 1 saturated heterocycles. The number of nitrogens with zero attached hydrogens (tertiary/aromatic N) is 5. The van der Waals surface area contributed by atoms with E-state index in [0.29, 0.717) is 12.6 Å². The summed E-state index contributed by atoms with van der Waals surface area (Å²) >= 11 is 0. The maximum atomic E-state index is 5.41. The Kier molecular flexibility index (Phi) is 7.29. The Balaban J connectivity index is 1.27. The number of aromatic nitrogens is 3. The first-order valence-electron chi connectivity index (χ1n) is 11.1. The number of anilines is 1. The lowest BCUT2D eigenvalue weighted by molar-refractivity contribution is 0.393. The van der Waals surface area contributed by atoms with Crippen molar-refractivity contribution in [1.29, 1.82) is 0 Å². The molecule has 1 aliphatic rings. The number of pyridine rings is 1. The summed E-state index contributed by atoms with van der Waals surface area (Å²) in [5.74, 6) is 3.26. The number of hydrogen-bond acceptors (Lipinski definition) is 6. The third-order valence-electron chi connectivity index (χ3n) is 5.80. The number of imidazole rings is 1. The van der Waals surface area contributed by atoms with Crippen LogP contribution in [-0.2, 0) is 6.54 Å². The molecule has 0 spiro atoms. The number of rotatable bonds is 7. The molecule has 0 unspecified atom stereocenters. The molecule has 33 heavy (non-hydrogen) atoms. The van der Waals surface area contributed by atoms with E-state index in [2.05, 4.69) is 48.7 Å². The second kappa shape index (κ2) is 10.7. The summed E-state index contributed by atoms with van der Waals surface area (Å²) in [4.78, 5) is 15.3. The van der Waals surface area contributed by atoms with Crippen LogP contribution in [0.2, 0.25) is 0 Å². The highest BCUT2D eigenvalue weighted by atomic mass is 16.5. The lowest BCUT2D eigenvalue weighted by atomic mass is 10.0. The maximum Gasteiger partial charge on any atom is 0.191 e. The number of piperidine rings is 1. The number of hydrogen-bond donors (Lipinski definition) is 2. The molecule has 1 fully saturated rings. The van der Waals surface area contributed by atoms with Crippen molar-refractivity contribution >= 4 is 11.6 Å². The first-order chi connectivity index (χ1) is 16.2. The van der Waals surface area contributed by atoms with Gasteiger partial charge >= 0.3 is 0 Å². The first-order valence-corrected chi connectivity index (χ1v) is 11.1. The summed E-state index contributed by atoms with van der Waals surface area (Å²) in [6, 6.07) is 10.4. The molecule has 9 heteroatoms. The molecule has 3 aromatic rings. The van der Waals surface area contributed by atoms with Crippen molar-refractivity contribution in [3.05, 3.63) is 60.8 Å². The quantitative estimate of drug-likeness (QED) is 0.423. The van der Waals surface area contributed by atoms with Gasteiger partial charge in [-0.05, 0) is 24.5 Å². The summed E-state index contributed by atoms with van der Waals surface area (Å²) in [6.07, 6.45) is 9.26. The molecular formula is C24H31N7O2. The number of methoxy groups -OCH3 is 2. The molecule has 174 valence electrons. The zero-order chi connectivity index (χ0) is 23.0. The molecule has 0 bridgehead atoms. The molecule has 0 atom stereocenters. The standard InChI is InChI=1S/C24H31N7O2/c1-25-24(28-16-18-4-5-23(27-15-18)31-11-8-26-17-31)29-19-6-9-30(10-7-19)20-12-21(32-2)14-22(13-20)33-3/h4-5,8,11-15,17,19H,6-7,9-10,16H2,1-3H3,(H2,25,28,29). The van der Waals surface area contributed by atoms with Crippen LogP contribution < -0.4 is 25.0 Å². The number of nitrogens with one attached hydrogen (secondary N) is 2. The fourth-order valence-corrected chi connectivity index (χ4v) is 3.90. The highest BCUT2D eigenvalue weighted by Gasteiger charge is 2.21. The second-order valence-electron chi connectivity index (χ2n) is 7.90. The number of guanidine groups is 1. The van der Waals surface area contributed by atoms with Crippen molar-refractivity contribution in [3.8, 4) is 17.3 Å². The van der Waals surface area contributed by atoms with Gasteiger partial charge in [0.25, 0.3) is 0 Å². The molecule has 4 rings (SSSR count). The summed E-state index contributed by atoms with van der Waals surface area (Å²) in [7, 11) is 5.16. The summed E-state index contributed by atoms with van der Waals surface area (Å²) in [5.41, 5.74) is 2.21. The van der Waals surface area contributed by atoms with E-state index in [0.717, 1.165) is 60.5 Å².